The molecule has 0 fully saturated rings. The summed E-state index contributed by atoms with van der Waals surface area (Å²) in [5, 5.41) is 8.71. The number of hydrogen-bond donors (Lipinski definition) is 1. The van der Waals surface area contributed by atoms with Crippen molar-refractivity contribution in [1.82, 2.24) is 9.78 Å². The minimum absolute atomic E-state index is 0.141. The molecule has 0 saturated heterocycles. The molecule has 3 aromatic rings. The van der Waals surface area contributed by atoms with Crippen LogP contribution in [0.25, 0.3) is 16.9 Å². The zero-order chi connectivity index (χ0) is 22.3. The van der Waals surface area contributed by atoms with E-state index in [4.69, 9.17) is 5.14 Å². The lowest BCUT2D eigenvalue weighted by atomic mass is 10.1. The number of carbonyl (C=O) groups is 1. The number of nitrogens with two attached hydrogens (primary N) is 1. The van der Waals surface area contributed by atoms with E-state index in [1.54, 1.807) is 31.3 Å². The summed E-state index contributed by atoms with van der Waals surface area (Å²) in [5.74, 6) is -0.193. The van der Waals surface area contributed by atoms with E-state index in [0.29, 0.717) is 11.3 Å². The third-order valence-electron chi connectivity index (χ3n) is 4.43. The first-order chi connectivity index (χ1) is 13.9. The number of halogens is 3. The average molecular weight is 438 g/mol. The molecule has 0 spiro atoms. The molecule has 3 rings (SSSR count). The molecule has 1 heterocycles. The molecule has 2 N–H and O–H groups in total. The van der Waals surface area contributed by atoms with E-state index in [2.05, 4.69) is 5.10 Å². The fourth-order valence-corrected chi connectivity index (χ4v) is 3.25. The van der Waals surface area contributed by atoms with Gasteiger partial charge in [-0.3, -0.25) is 4.79 Å². The Morgan fingerprint density at radius 1 is 1.07 bits per heavy atom. The van der Waals surface area contributed by atoms with Gasteiger partial charge >= 0.3 is 6.18 Å². The molecule has 1 amide bonds. The molecule has 0 aliphatic carbocycles. The Balaban J connectivity index is 2.10. The Morgan fingerprint density at radius 3 is 2.10 bits per heavy atom. The van der Waals surface area contributed by atoms with Crippen molar-refractivity contribution < 1.29 is 26.4 Å². The number of alkyl halides is 3. The lowest BCUT2D eigenvalue weighted by molar-refractivity contribution is -0.141. The normalized spacial score (nSPS) is 12.1. The van der Waals surface area contributed by atoms with Gasteiger partial charge in [0.2, 0.25) is 15.9 Å². The van der Waals surface area contributed by atoms with Gasteiger partial charge in [0.25, 0.3) is 0 Å². The number of anilines is 1. The molecule has 0 atom stereocenters. The van der Waals surface area contributed by atoms with Crippen molar-refractivity contribution in [3.8, 4) is 16.9 Å². The van der Waals surface area contributed by atoms with Gasteiger partial charge in [-0.15, -0.1) is 0 Å². The van der Waals surface area contributed by atoms with E-state index in [9.17, 15) is 26.4 Å². The van der Waals surface area contributed by atoms with Crippen LogP contribution in [0, 0.1) is 0 Å². The molecule has 1 aromatic heterocycles. The van der Waals surface area contributed by atoms with E-state index in [1.165, 1.54) is 36.1 Å². The van der Waals surface area contributed by atoms with E-state index in [0.717, 1.165) is 10.7 Å². The van der Waals surface area contributed by atoms with Crippen LogP contribution in [-0.2, 0) is 21.0 Å². The Morgan fingerprint density at radius 2 is 1.63 bits per heavy atom. The van der Waals surface area contributed by atoms with E-state index in [1.807, 2.05) is 0 Å². The van der Waals surface area contributed by atoms with Gasteiger partial charge in [0.15, 0.2) is 5.69 Å². The van der Waals surface area contributed by atoms with Crippen molar-refractivity contribution in [1.29, 1.82) is 0 Å². The van der Waals surface area contributed by atoms with E-state index < -0.39 is 21.9 Å². The fourth-order valence-electron chi connectivity index (χ4n) is 2.74. The maximum Gasteiger partial charge on any atom is 0.435 e. The summed E-state index contributed by atoms with van der Waals surface area (Å²) >= 11 is 0. The number of amides is 1. The minimum atomic E-state index is -4.67. The molecule has 0 aliphatic heterocycles. The second kappa shape index (κ2) is 7.58. The Bertz CT molecular complexity index is 1190. The number of hydrogen-bond acceptors (Lipinski definition) is 4. The van der Waals surface area contributed by atoms with Gasteiger partial charge in [-0.2, -0.15) is 18.3 Å². The molecular weight excluding hydrogens is 421 g/mol. The van der Waals surface area contributed by atoms with E-state index >= 15 is 0 Å². The highest BCUT2D eigenvalue weighted by Crippen LogP contribution is 2.34. The third-order valence-corrected chi connectivity index (χ3v) is 5.36. The van der Waals surface area contributed by atoms with Crippen LogP contribution in [-0.4, -0.2) is 31.2 Å². The second-order valence-corrected chi connectivity index (χ2v) is 8.05. The molecule has 0 unspecified atom stereocenters. The number of benzene rings is 2. The van der Waals surface area contributed by atoms with Gasteiger partial charge < -0.3 is 4.90 Å². The molecule has 0 saturated carbocycles. The monoisotopic (exact) mass is 438 g/mol. The Kier molecular flexibility index (Phi) is 5.44. The van der Waals surface area contributed by atoms with Crippen LogP contribution in [0.1, 0.15) is 12.6 Å². The number of nitrogens with zero attached hydrogens (tertiary/aromatic N) is 3. The predicted molar refractivity (Wildman–Crippen MR) is 104 cm³/mol. The van der Waals surface area contributed by atoms with Crippen LogP contribution in [0.2, 0.25) is 0 Å². The predicted octanol–water partition coefficient (Wildman–Crippen LogP) is 3.19. The lowest BCUT2D eigenvalue weighted by Gasteiger charge is -2.15. The Hall–Kier alpha value is -3.18. The first kappa shape index (κ1) is 21.5. The highest BCUT2D eigenvalue weighted by Gasteiger charge is 2.35. The van der Waals surface area contributed by atoms with Crippen molar-refractivity contribution in [3.05, 3.63) is 60.3 Å². The zero-order valence-electron chi connectivity index (χ0n) is 15.9. The summed E-state index contributed by atoms with van der Waals surface area (Å²) in [7, 11) is -2.36. The summed E-state index contributed by atoms with van der Waals surface area (Å²) in [4.78, 5) is 12.7. The van der Waals surface area contributed by atoms with Crippen LogP contribution in [0.5, 0.6) is 0 Å². The largest absolute Gasteiger partial charge is 0.435 e. The summed E-state index contributed by atoms with van der Waals surface area (Å²) in [6.45, 7) is 1.39. The molecule has 11 heteroatoms. The van der Waals surface area contributed by atoms with E-state index in [-0.39, 0.29) is 22.2 Å². The number of primary sulfonamides is 1. The highest BCUT2D eigenvalue weighted by atomic mass is 32.2. The number of sulfonamides is 1. The lowest BCUT2D eigenvalue weighted by Crippen LogP contribution is -2.22. The van der Waals surface area contributed by atoms with Crippen LogP contribution >= 0.6 is 0 Å². The van der Waals surface area contributed by atoms with Gasteiger partial charge in [0, 0.05) is 25.2 Å². The van der Waals surface area contributed by atoms with Crippen molar-refractivity contribution in [2.75, 3.05) is 11.9 Å². The molecule has 0 radical (unpaired) electrons. The molecule has 7 nitrogen and oxygen atoms in total. The topological polar surface area (TPSA) is 98.3 Å². The number of rotatable bonds is 4. The fraction of sp³-hybridized carbons (Fsp3) is 0.158. The standard InChI is InChI=1S/C19H17F3N4O3S/c1-12(27)25(2)14-5-3-13(4-6-14)17-11-18(19(20,21)22)24-26(17)15-7-9-16(10-8-15)30(23,28)29/h3-11H,1-2H3,(H2,23,28,29). The smallest absolute Gasteiger partial charge is 0.316 e. The van der Waals surface area contributed by atoms with Gasteiger partial charge in [-0.05, 0) is 42.5 Å². The molecule has 0 bridgehead atoms. The average Bonchev–Trinajstić information content (AvgIpc) is 3.13. The summed E-state index contributed by atoms with van der Waals surface area (Å²) < 4.78 is 63.7. The number of carbonyl (C=O) groups excluding carboxylic acids is 1. The molecule has 2 aromatic carbocycles. The first-order valence-corrected chi connectivity index (χ1v) is 10.1. The summed E-state index contributed by atoms with van der Waals surface area (Å²) in [6.07, 6.45) is -4.67. The minimum Gasteiger partial charge on any atom is -0.316 e. The van der Waals surface area contributed by atoms with Gasteiger partial charge in [-0.25, -0.2) is 18.2 Å². The van der Waals surface area contributed by atoms with Crippen molar-refractivity contribution in [3.63, 3.8) is 0 Å². The maximum absolute atomic E-state index is 13.3. The second-order valence-electron chi connectivity index (χ2n) is 6.49. The van der Waals surface area contributed by atoms with Gasteiger partial charge in [-0.1, -0.05) is 12.1 Å². The van der Waals surface area contributed by atoms with Crippen molar-refractivity contribution >= 4 is 21.6 Å². The highest BCUT2D eigenvalue weighted by molar-refractivity contribution is 7.89. The van der Waals surface area contributed by atoms with Crippen LogP contribution < -0.4 is 10.0 Å². The third kappa shape index (κ3) is 4.36. The first-order valence-electron chi connectivity index (χ1n) is 8.53. The van der Waals surface area contributed by atoms with Gasteiger partial charge in [0.1, 0.15) is 0 Å². The van der Waals surface area contributed by atoms with Crippen LogP contribution in [0.3, 0.4) is 0 Å². The quantitative estimate of drug-likeness (QED) is 0.676. The van der Waals surface area contributed by atoms with Crippen molar-refractivity contribution in [2.45, 2.75) is 18.0 Å². The summed E-state index contributed by atoms with van der Waals surface area (Å²) in [5.41, 5.74) is 0.263. The molecular formula is C19H17F3N4O3S. The van der Waals surface area contributed by atoms with Crippen LogP contribution in [0.15, 0.2) is 59.5 Å². The molecule has 158 valence electrons. The number of aromatic nitrogens is 2. The van der Waals surface area contributed by atoms with Gasteiger partial charge in [0.05, 0.1) is 16.3 Å². The maximum atomic E-state index is 13.3. The summed E-state index contributed by atoms with van der Waals surface area (Å²) in [6, 6.07) is 12.3. The molecule has 0 aliphatic rings. The molecule has 30 heavy (non-hydrogen) atoms. The zero-order valence-corrected chi connectivity index (χ0v) is 16.7. The van der Waals surface area contributed by atoms with Crippen LogP contribution in [0.4, 0.5) is 18.9 Å². The Labute approximate surface area is 170 Å². The van der Waals surface area contributed by atoms with Crippen molar-refractivity contribution in [2.24, 2.45) is 5.14 Å². The SMILES string of the molecule is CC(=O)N(C)c1ccc(-c2cc(C(F)(F)F)nn2-c2ccc(S(N)(=O)=O)cc2)cc1.